The SMILES string of the molecule is O=C(C[C@H]1CC[C@@H](NS(=O)(=O)c2ccccc2)[C@H](CO)O1)NCc1ccncn1. The molecule has 10 heteroatoms. The highest BCUT2D eigenvalue weighted by Crippen LogP contribution is 2.23. The number of hydrogen-bond donors (Lipinski definition) is 3. The van der Waals surface area contributed by atoms with Crippen molar-refractivity contribution in [1.82, 2.24) is 20.0 Å². The normalized spacial score (nSPS) is 22.2. The van der Waals surface area contributed by atoms with Crippen LogP contribution >= 0.6 is 0 Å². The van der Waals surface area contributed by atoms with Crippen molar-refractivity contribution in [3.8, 4) is 0 Å². The van der Waals surface area contributed by atoms with Crippen molar-refractivity contribution in [2.45, 2.75) is 49.0 Å². The Labute approximate surface area is 169 Å². The van der Waals surface area contributed by atoms with Crippen LogP contribution in [0.3, 0.4) is 0 Å². The molecule has 1 aromatic heterocycles. The molecule has 2 heterocycles. The predicted octanol–water partition coefficient (Wildman–Crippen LogP) is 0.370. The highest BCUT2D eigenvalue weighted by molar-refractivity contribution is 7.89. The second-order valence-corrected chi connectivity index (χ2v) is 8.49. The average Bonchev–Trinajstić information content (AvgIpc) is 2.74. The molecular formula is C19H24N4O5S. The number of sulfonamides is 1. The molecule has 0 radical (unpaired) electrons. The van der Waals surface area contributed by atoms with Crippen LogP contribution in [0, 0.1) is 0 Å². The fourth-order valence-corrected chi connectivity index (χ4v) is 4.49. The van der Waals surface area contributed by atoms with Crippen molar-refractivity contribution in [2.24, 2.45) is 0 Å². The maximum atomic E-state index is 12.5. The van der Waals surface area contributed by atoms with Crippen LogP contribution in [0.15, 0.2) is 53.8 Å². The second-order valence-electron chi connectivity index (χ2n) is 6.78. The summed E-state index contributed by atoms with van der Waals surface area (Å²) >= 11 is 0. The number of rotatable bonds is 8. The number of carbonyl (C=O) groups excluding carboxylic acids is 1. The van der Waals surface area contributed by atoms with Gasteiger partial charge in [-0.1, -0.05) is 18.2 Å². The largest absolute Gasteiger partial charge is 0.394 e. The summed E-state index contributed by atoms with van der Waals surface area (Å²) in [6.45, 7) is -0.0575. The summed E-state index contributed by atoms with van der Waals surface area (Å²) in [5.41, 5.74) is 0.696. The Balaban J connectivity index is 1.52. The summed E-state index contributed by atoms with van der Waals surface area (Å²) in [6.07, 6.45) is 2.98. The minimum atomic E-state index is -3.72. The van der Waals surface area contributed by atoms with Gasteiger partial charge in [-0.25, -0.2) is 23.1 Å². The van der Waals surface area contributed by atoms with Crippen molar-refractivity contribution in [3.63, 3.8) is 0 Å². The molecule has 3 atom stereocenters. The zero-order valence-corrected chi connectivity index (χ0v) is 16.6. The van der Waals surface area contributed by atoms with Gasteiger partial charge in [0.1, 0.15) is 6.33 Å². The van der Waals surface area contributed by atoms with Crippen LogP contribution in [-0.2, 0) is 26.1 Å². The Morgan fingerprint density at radius 2 is 2.00 bits per heavy atom. The van der Waals surface area contributed by atoms with E-state index in [0.29, 0.717) is 18.5 Å². The molecule has 0 aliphatic carbocycles. The van der Waals surface area contributed by atoms with Crippen molar-refractivity contribution in [1.29, 1.82) is 0 Å². The van der Waals surface area contributed by atoms with Gasteiger partial charge in [-0.15, -0.1) is 0 Å². The maximum Gasteiger partial charge on any atom is 0.240 e. The number of carbonyl (C=O) groups is 1. The van der Waals surface area contributed by atoms with E-state index in [9.17, 15) is 18.3 Å². The van der Waals surface area contributed by atoms with Gasteiger partial charge in [0.15, 0.2) is 0 Å². The number of aliphatic hydroxyl groups excluding tert-OH is 1. The molecule has 156 valence electrons. The standard InChI is InChI=1S/C19H24N4O5S/c24-12-18-17(23-29(26,27)16-4-2-1-3-5-16)7-6-15(28-18)10-19(25)21-11-14-8-9-20-13-22-14/h1-5,8-9,13,15,17-18,23-24H,6-7,10-12H2,(H,21,25)/t15-,17-,18+/m1/s1. The lowest BCUT2D eigenvalue weighted by atomic mass is 9.98. The fourth-order valence-electron chi connectivity index (χ4n) is 3.17. The first kappa shape index (κ1) is 21.3. The summed E-state index contributed by atoms with van der Waals surface area (Å²) in [6, 6.07) is 9.18. The molecule has 2 aromatic rings. The Morgan fingerprint density at radius 3 is 2.69 bits per heavy atom. The molecule has 1 saturated heterocycles. The Kier molecular flexibility index (Phi) is 7.26. The Hall–Kier alpha value is -2.40. The van der Waals surface area contributed by atoms with E-state index in [4.69, 9.17) is 4.74 Å². The average molecular weight is 420 g/mol. The van der Waals surface area contributed by atoms with Crippen LogP contribution in [0.1, 0.15) is 25.0 Å². The third-order valence-electron chi connectivity index (χ3n) is 4.68. The molecule has 1 amide bonds. The highest BCUT2D eigenvalue weighted by Gasteiger charge is 2.34. The number of nitrogens with zero attached hydrogens (tertiary/aromatic N) is 2. The van der Waals surface area contributed by atoms with Crippen LogP contribution in [0.2, 0.25) is 0 Å². The third-order valence-corrected chi connectivity index (χ3v) is 6.18. The molecule has 3 N–H and O–H groups in total. The molecule has 0 bridgehead atoms. The van der Waals surface area contributed by atoms with Crippen LogP contribution in [-0.4, -0.2) is 54.3 Å². The first-order valence-electron chi connectivity index (χ1n) is 9.33. The summed E-state index contributed by atoms with van der Waals surface area (Å²) in [5.74, 6) is -0.200. The number of aromatic nitrogens is 2. The lowest BCUT2D eigenvalue weighted by Gasteiger charge is -2.35. The molecule has 9 nitrogen and oxygen atoms in total. The zero-order valence-electron chi connectivity index (χ0n) is 15.8. The molecule has 1 aliphatic rings. The topological polar surface area (TPSA) is 131 Å². The van der Waals surface area contributed by atoms with Gasteiger partial charge < -0.3 is 15.2 Å². The summed E-state index contributed by atoms with van der Waals surface area (Å²) in [4.78, 5) is 20.2. The zero-order chi connectivity index (χ0) is 20.7. The quantitative estimate of drug-likeness (QED) is 0.562. The Bertz CT molecular complexity index is 895. The summed E-state index contributed by atoms with van der Waals surface area (Å²) < 4.78 is 33.4. The highest BCUT2D eigenvalue weighted by atomic mass is 32.2. The maximum absolute atomic E-state index is 12.5. The van der Waals surface area contributed by atoms with E-state index in [-0.39, 0.29) is 30.4 Å². The molecule has 1 fully saturated rings. The van der Waals surface area contributed by atoms with Gasteiger partial charge in [0.2, 0.25) is 15.9 Å². The van der Waals surface area contributed by atoms with Gasteiger partial charge in [0, 0.05) is 6.20 Å². The van der Waals surface area contributed by atoms with Crippen molar-refractivity contribution < 1.29 is 23.1 Å². The van der Waals surface area contributed by atoms with Crippen LogP contribution in [0.4, 0.5) is 0 Å². The number of nitrogens with one attached hydrogen (secondary N) is 2. The molecule has 0 unspecified atom stereocenters. The number of aliphatic hydroxyl groups is 1. The van der Waals surface area contributed by atoms with E-state index in [1.807, 2.05) is 0 Å². The minimum Gasteiger partial charge on any atom is -0.394 e. The number of benzene rings is 1. The van der Waals surface area contributed by atoms with Crippen LogP contribution in [0.25, 0.3) is 0 Å². The first-order chi connectivity index (χ1) is 14.0. The van der Waals surface area contributed by atoms with Gasteiger partial charge in [0.25, 0.3) is 0 Å². The lowest BCUT2D eigenvalue weighted by Crippen LogP contribution is -2.51. The second kappa shape index (κ2) is 9.88. The van der Waals surface area contributed by atoms with E-state index in [1.54, 1.807) is 30.5 Å². The van der Waals surface area contributed by atoms with Gasteiger partial charge in [-0.05, 0) is 31.0 Å². The summed E-state index contributed by atoms with van der Waals surface area (Å²) in [7, 11) is -3.72. The van der Waals surface area contributed by atoms with Gasteiger partial charge in [-0.2, -0.15) is 0 Å². The molecular weight excluding hydrogens is 396 g/mol. The fraction of sp³-hybridized carbons (Fsp3) is 0.421. The molecule has 3 rings (SSSR count). The molecule has 0 saturated carbocycles. The van der Waals surface area contributed by atoms with Crippen LogP contribution < -0.4 is 10.0 Å². The van der Waals surface area contributed by atoms with Gasteiger partial charge in [-0.3, -0.25) is 4.79 Å². The van der Waals surface area contributed by atoms with Gasteiger partial charge in [0.05, 0.1) is 48.4 Å². The van der Waals surface area contributed by atoms with E-state index in [2.05, 4.69) is 20.0 Å². The molecule has 1 aliphatic heterocycles. The number of hydrogen-bond acceptors (Lipinski definition) is 7. The van der Waals surface area contributed by atoms with E-state index >= 15 is 0 Å². The van der Waals surface area contributed by atoms with Crippen molar-refractivity contribution in [2.75, 3.05) is 6.61 Å². The van der Waals surface area contributed by atoms with E-state index in [0.717, 1.165) is 0 Å². The van der Waals surface area contributed by atoms with Crippen LogP contribution in [0.5, 0.6) is 0 Å². The predicted molar refractivity (Wildman–Crippen MR) is 104 cm³/mol. The van der Waals surface area contributed by atoms with Crippen molar-refractivity contribution in [3.05, 3.63) is 54.6 Å². The monoisotopic (exact) mass is 420 g/mol. The number of ether oxygens (including phenoxy) is 1. The number of amides is 1. The van der Waals surface area contributed by atoms with Gasteiger partial charge >= 0.3 is 0 Å². The van der Waals surface area contributed by atoms with Crippen molar-refractivity contribution >= 4 is 15.9 Å². The molecule has 0 spiro atoms. The molecule has 1 aromatic carbocycles. The Morgan fingerprint density at radius 1 is 1.21 bits per heavy atom. The van der Waals surface area contributed by atoms with E-state index in [1.165, 1.54) is 18.5 Å². The summed E-state index contributed by atoms with van der Waals surface area (Å²) in [5, 5.41) is 12.4. The third kappa shape index (κ3) is 6.04. The minimum absolute atomic E-state index is 0.125. The smallest absolute Gasteiger partial charge is 0.240 e. The lowest BCUT2D eigenvalue weighted by molar-refractivity contribution is -0.130. The van der Waals surface area contributed by atoms with E-state index < -0.39 is 28.3 Å². The first-order valence-corrected chi connectivity index (χ1v) is 10.8. The molecule has 29 heavy (non-hydrogen) atoms.